The SMILES string of the molecule is COc1ccc(-c2cn3cccc(C)c3n2)cc1NC(=O)c1cccc(Oc2ccc(F)cc2)c1. The Kier molecular flexibility index (Phi) is 5.89. The highest BCUT2D eigenvalue weighted by Crippen LogP contribution is 2.31. The van der Waals surface area contributed by atoms with Crippen LogP contribution >= 0.6 is 0 Å². The fraction of sp³-hybridized carbons (Fsp3) is 0.0714. The fourth-order valence-corrected chi connectivity index (χ4v) is 3.79. The van der Waals surface area contributed by atoms with Crippen LogP contribution in [0.1, 0.15) is 15.9 Å². The van der Waals surface area contributed by atoms with E-state index in [-0.39, 0.29) is 11.7 Å². The molecule has 174 valence electrons. The third kappa shape index (κ3) is 4.70. The van der Waals surface area contributed by atoms with Gasteiger partial charge >= 0.3 is 0 Å². The first-order chi connectivity index (χ1) is 17.0. The number of fused-ring (bicyclic) bond motifs is 1. The van der Waals surface area contributed by atoms with Gasteiger partial charge in [-0.05, 0) is 79.2 Å². The van der Waals surface area contributed by atoms with Crippen molar-refractivity contribution < 1.29 is 18.7 Å². The number of rotatable bonds is 6. The molecule has 0 fully saturated rings. The number of hydrogen-bond donors (Lipinski definition) is 1. The number of amides is 1. The third-order valence-corrected chi connectivity index (χ3v) is 5.57. The van der Waals surface area contributed by atoms with Crippen LogP contribution in [0, 0.1) is 12.7 Å². The number of benzene rings is 3. The van der Waals surface area contributed by atoms with Crippen molar-refractivity contribution in [2.45, 2.75) is 6.92 Å². The van der Waals surface area contributed by atoms with E-state index in [1.807, 2.05) is 48.0 Å². The Labute approximate surface area is 201 Å². The molecule has 0 bridgehead atoms. The second-order valence-electron chi connectivity index (χ2n) is 8.00. The molecule has 6 nitrogen and oxygen atoms in total. The fourth-order valence-electron chi connectivity index (χ4n) is 3.79. The Morgan fingerprint density at radius 1 is 0.971 bits per heavy atom. The molecule has 35 heavy (non-hydrogen) atoms. The number of carbonyl (C=O) groups is 1. The minimum Gasteiger partial charge on any atom is -0.495 e. The number of hydrogen-bond acceptors (Lipinski definition) is 4. The predicted molar refractivity (Wildman–Crippen MR) is 133 cm³/mol. The van der Waals surface area contributed by atoms with Gasteiger partial charge in [0.1, 0.15) is 28.7 Å². The van der Waals surface area contributed by atoms with Crippen molar-refractivity contribution in [2.75, 3.05) is 12.4 Å². The van der Waals surface area contributed by atoms with E-state index in [0.717, 1.165) is 22.5 Å². The Balaban J connectivity index is 1.40. The summed E-state index contributed by atoms with van der Waals surface area (Å²) in [5, 5.41) is 2.93. The molecule has 0 atom stereocenters. The molecule has 0 spiro atoms. The number of anilines is 1. The molecular formula is C28H22FN3O3. The van der Waals surface area contributed by atoms with Crippen LogP contribution in [0.2, 0.25) is 0 Å². The molecule has 0 saturated heterocycles. The number of methoxy groups -OCH3 is 1. The van der Waals surface area contributed by atoms with Gasteiger partial charge in [-0.3, -0.25) is 4.79 Å². The van der Waals surface area contributed by atoms with Crippen molar-refractivity contribution in [2.24, 2.45) is 0 Å². The summed E-state index contributed by atoms with van der Waals surface area (Å²) in [6.07, 6.45) is 3.90. The van der Waals surface area contributed by atoms with Gasteiger partial charge in [0.25, 0.3) is 5.91 Å². The van der Waals surface area contributed by atoms with Gasteiger partial charge in [0, 0.05) is 23.5 Å². The van der Waals surface area contributed by atoms with E-state index in [0.29, 0.717) is 28.5 Å². The van der Waals surface area contributed by atoms with Crippen LogP contribution < -0.4 is 14.8 Å². The lowest BCUT2D eigenvalue weighted by atomic mass is 10.1. The van der Waals surface area contributed by atoms with Crippen molar-refractivity contribution >= 4 is 17.2 Å². The first-order valence-corrected chi connectivity index (χ1v) is 11.0. The molecule has 5 rings (SSSR count). The van der Waals surface area contributed by atoms with Gasteiger partial charge in [-0.2, -0.15) is 0 Å². The van der Waals surface area contributed by atoms with E-state index in [2.05, 4.69) is 5.32 Å². The number of halogens is 1. The first kappa shape index (κ1) is 22.2. The van der Waals surface area contributed by atoms with Crippen LogP contribution in [-0.4, -0.2) is 22.4 Å². The summed E-state index contributed by atoms with van der Waals surface area (Å²) in [4.78, 5) is 17.8. The molecule has 2 heterocycles. The maximum Gasteiger partial charge on any atom is 0.255 e. The van der Waals surface area contributed by atoms with E-state index in [1.165, 1.54) is 24.3 Å². The van der Waals surface area contributed by atoms with Gasteiger partial charge in [-0.15, -0.1) is 0 Å². The Morgan fingerprint density at radius 3 is 2.57 bits per heavy atom. The highest BCUT2D eigenvalue weighted by Gasteiger charge is 2.14. The molecular weight excluding hydrogens is 445 g/mol. The normalized spacial score (nSPS) is 10.8. The van der Waals surface area contributed by atoms with Crippen LogP contribution in [0.5, 0.6) is 17.2 Å². The zero-order valence-electron chi connectivity index (χ0n) is 19.2. The summed E-state index contributed by atoms with van der Waals surface area (Å²) in [6.45, 7) is 2.01. The highest BCUT2D eigenvalue weighted by molar-refractivity contribution is 6.05. The maximum atomic E-state index is 13.1. The molecule has 0 saturated carbocycles. The van der Waals surface area contributed by atoms with Crippen molar-refractivity contribution in [1.82, 2.24) is 9.38 Å². The van der Waals surface area contributed by atoms with Gasteiger partial charge in [0.05, 0.1) is 18.5 Å². The maximum absolute atomic E-state index is 13.1. The standard InChI is InChI=1S/C28H22FN3O3/c1-18-5-4-14-32-17-25(30-27(18)32)19-8-13-26(34-2)24(16-19)31-28(33)20-6-3-7-23(15-20)35-22-11-9-21(29)10-12-22/h3-17H,1-2H3,(H,31,33). The van der Waals surface area contributed by atoms with Gasteiger partial charge in [0.15, 0.2) is 0 Å². The average molecular weight is 468 g/mol. The Morgan fingerprint density at radius 2 is 1.80 bits per heavy atom. The van der Waals surface area contributed by atoms with E-state index in [1.54, 1.807) is 37.4 Å². The topological polar surface area (TPSA) is 64.9 Å². The van der Waals surface area contributed by atoms with Gasteiger partial charge in [-0.25, -0.2) is 9.37 Å². The summed E-state index contributed by atoms with van der Waals surface area (Å²) in [7, 11) is 1.55. The van der Waals surface area contributed by atoms with E-state index >= 15 is 0 Å². The zero-order valence-corrected chi connectivity index (χ0v) is 19.2. The van der Waals surface area contributed by atoms with Crippen molar-refractivity contribution in [3.05, 3.63) is 108 Å². The highest BCUT2D eigenvalue weighted by atomic mass is 19.1. The lowest BCUT2D eigenvalue weighted by molar-refractivity contribution is 0.102. The van der Waals surface area contributed by atoms with E-state index in [4.69, 9.17) is 14.5 Å². The predicted octanol–water partition coefficient (Wildman–Crippen LogP) is 6.50. The van der Waals surface area contributed by atoms with Crippen molar-refractivity contribution in [3.8, 4) is 28.5 Å². The van der Waals surface area contributed by atoms with Gasteiger partial charge in [-0.1, -0.05) is 12.1 Å². The number of nitrogens with one attached hydrogen (secondary N) is 1. The minimum atomic E-state index is -0.347. The number of aromatic nitrogens is 2. The van der Waals surface area contributed by atoms with Crippen LogP contribution in [-0.2, 0) is 0 Å². The van der Waals surface area contributed by atoms with Crippen LogP contribution in [0.15, 0.2) is 91.3 Å². The van der Waals surface area contributed by atoms with Gasteiger partial charge in [0.2, 0.25) is 0 Å². The van der Waals surface area contributed by atoms with Crippen molar-refractivity contribution in [1.29, 1.82) is 0 Å². The number of ether oxygens (including phenoxy) is 2. The lowest BCUT2D eigenvalue weighted by Gasteiger charge is -2.12. The molecule has 1 N–H and O–H groups in total. The van der Waals surface area contributed by atoms with Crippen LogP contribution in [0.4, 0.5) is 10.1 Å². The lowest BCUT2D eigenvalue weighted by Crippen LogP contribution is -2.12. The van der Waals surface area contributed by atoms with Gasteiger partial charge < -0.3 is 19.2 Å². The quantitative estimate of drug-likeness (QED) is 0.310. The molecule has 0 aliphatic carbocycles. The summed E-state index contributed by atoms with van der Waals surface area (Å²) < 4.78 is 26.3. The average Bonchev–Trinajstić information content (AvgIpc) is 3.31. The largest absolute Gasteiger partial charge is 0.495 e. The summed E-state index contributed by atoms with van der Waals surface area (Å²) in [5.41, 5.74) is 4.50. The van der Waals surface area contributed by atoms with Crippen molar-refractivity contribution in [3.63, 3.8) is 0 Å². The van der Waals surface area contributed by atoms with Crippen LogP contribution in [0.25, 0.3) is 16.9 Å². The number of aryl methyl sites for hydroxylation is 1. The zero-order chi connectivity index (χ0) is 24.4. The van der Waals surface area contributed by atoms with E-state index < -0.39 is 0 Å². The summed E-state index contributed by atoms with van der Waals surface area (Å²) >= 11 is 0. The molecule has 1 amide bonds. The number of imidazole rings is 1. The van der Waals surface area contributed by atoms with Crippen LogP contribution in [0.3, 0.4) is 0 Å². The van der Waals surface area contributed by atoms with E-state index in [9.17, 15) is 9.18 Å². The molecule has 5 aromatic rings. The second-order valence-corrected chi connectivity index (χ2v) is 8.00. The molecule has 0 aliphatic heterocycles. The molecule has 0 unspecified atom stereocenters. The third-order valence-electron chi connectivity index (χ3n) is 5.57. The summed E-state index contributed by atoms with van der Waals surface area (Å²) in [5.74, 6) is 0.795. The summed E-state index contributed by atoms with van der Waals surface area (Å²) in [6, 6.07) is 22.0. The first-order valence-electron chi connectivity index (χ1n) is 11.0. The number of nitrogens with zero attached hydrogens (tertiary/aromatic N) is 2. The molecule has 7 heteroatoms. The monoisotopic (exact) mass is 467 g/mol. The Hall–Kier alpha value is -4.65. The smallest absolute Gasteiger partial charge is 0.255 e. The number of carbonyl (C=O) groups excluding carboxylic acids is 1. The second kappa shape index (κ2) is 9.30. The molecule has 2 aromatic heterocycles. The minimum absolute atomic E-state index is 0.323. The Bertz CT molecular complexity index is 1530. The number of pyridine rings is 1. The molecule has 0 aliphatic rings. The molecule has 3 aromatic carbocycles. The molecule has 0 radical (unpaired) electrons.